The monoisotopic (exact) mass is 386 g/mol. The van der Waals surface area contributed by atoms with Crippen LogP contribution in [-0.2, 0) is 6.54 Å². The van der Waals surface area contributed by atoms with Gasteiger partial charge >= 0.3 is 5.63 Å². The molecule has 1 aliphatic rings. The van der Waals surface area contributed by atoms with E-state index in [9.17, 15) is 4.79 Å². The van der Waals surface area contributed by atoms with Crippen LogP contribution in [-0.4, -0.2) is 24.5 Å². The Bertz CT molecular complexity index is 975. The van der Waals surface area contributed by atoms with Crippen molar-refractivity contribution in [2.45, 2.75) is 32.4 Å². The van der Waals surface area contributed by atoms with E-state index in [4.69, 9.17) is 20.4 Å². The van der Waals surface area contributed by atoms with E-state index in [1.165, 1.54) is 12.8 Å². The lowest BCUT2D eigenvalue weighted by atomic mass is 10.1. The number of furan rings is 1. The molecule has 3 heterocycles. The Kier molecular flexibility index (Phi) is 5.34. The van der Waals surface area contributed by atoms with Crippen LogP contribution in [0.4, 0.5) is 0 Å². The number of fused-ring (bicyclic) bond motifs is 1. The molecule has 2 aromatic heterocycles. The second-order valence-corrected chi connectivity index (χ2v) is 7.50. The number of aryl methyl sites for hydroxylation is 1. The van der Waals surface area contributed by atoms with Gasteiger partial charge in [0, 0.05) is 29.6 Å². The summed E-state index contributed by atoms with van der Waals surface area (Å²) in [6.45, 7) is 5.37. The Morgan fingerprint density at radius 2 is 2.07 bits per heavy atom. The van der Waals surface area contributed by atoms with Crippen molar-refractivity contribution in [2.75, 3.05) is 19.6 Å². The molecule has 0 unspecified atom stereocenters. The molecule has 6 heteroatoms. The number of hydrogen-bond donors (Lipinski definition) is 1. The largest absolute Gasteiger partial charge is 0.468 e. The number of likely N-dealkylation sites (tertiary alicyclic amines) is 1. The van der Waals surface area contributed by atoms with Gasteiger partial charge in [-0.25, -0.2) is 4.79 Å². The lowest BCUT2D eigenvalue weighted by Crippen LogP contribution is -2.33. The summed E-state index contributed by atoms with van der Waals surface area (Å²) >= 11 is 6.28. The molecule has 27 heavy (non-hydrogen) atoms. The van der Waals surface area contributed by atoms with Gasteiger partial charge in [-0.2, -0.15) is 0 Å². The zero-order valence-corrected chi connectivity index (χ0v) is 16.1. The van der Waals surface area contributed by atoms with Gasteiger partial charge in [-0.1, -0.05) is 11.6 Å². The van der Waals surface area contributed by atoms with Crippen molar-refractivity contribution in [2.24, 2.45) is 0 Å². The topological polar surface area (TPSA) is 58.6 Å². The third kappa shape index (κ3) is 3.95. The smallest absolute Gasteiger partial charge is 0.336 e. The minimum Gasteiger partial charge on any atom is -0.468 e. The van der Waals surface area contributed by atoms with Gasteiger partial charge in [0.15, 0.2) is 0 Å². The maximum atomic E-state index is 11.9. The van der Waals surface area contributed by atoms with Crippen molar-refractivity contribution >= 4 is 22.6 Å². The quantitative estimate of drug-likeness (QED) is 0.641. The molecule has 1 fully saturated rings. The highest BCUT2D eigenvalue weighted by Gasteiger charge is 2.25. The van der Waals surface area contributed by atoms with Crippen LogP contribution in [0.1, 0.15) is 35.8 Å². The average molecular weight is 387 g/mol. The minimum absolute atomic E-state index is 0.194. The predicted molar refractivity (Wildman–Crippen MR) is 106 cm³/mol. The van der Waals surface area contributed by atoms with E-state index in [1.807, 2.05) is 31.2 Å². The second kappa shape index (κ2) is 7.89. The van der Waals surface area contributed by atoms with Crippen molar-refractivity contribution in [3.05, 3.63) is 68.9 Å². The zero-order valence-electron chi connectivity index (χ0n) is 15.3. The van der Waals surface area contributed by atoms with Crippen LogP contribution in [0.15, 0.2) is 50.2 Å². The molecule has 0 spiro atoms. The molecule has 1 aliphatic heterocycles. The van der Waals surface area contributed by atoms with E-state index >= 15 is 0 Å². The molecule has 0 bridgehead atoms. The van der Waals surface area contributed by atoms with E-state index < -0.39 is 0 Å². The van der Waals surface area contributed by atoms with Gasteiger partial charge < -0.3 is 14.2 Å². The molecule has 4 rings (SSSR count). The van der Waals surface area contributed by atoms with Crippen LogP contribution in [0.2, 0.25) is 5.02 Å². The molecule has 0 amide bonds. The molecule has 0 aliphatic carbocycles. The number of nitrogens with one attached hydrogen (secondary N) is 1. The summed E-state index contributed by atoms with van der Waals surface area (Å²) in [5.74, 6) is 0.973. The van der Waals surface area contributed by atoms with Crippen LogP contribution in [0, 0.1) is 6.92 Å². The van der Waals surface area contributed by atoms with Crippen LogP contribution in [0.5, 0.6) is 0 Å². The molecular weight excluding hydrogens is 364 g/mol. The molecule has 1 atom stereocenters. The van der Waals surface area contributed by atoms with Crippen LogP contribution < -0.4 is 10.9 Å². The summed E-state index contributed by atoms with van der Waals surface area (Å²) in [6, 6.07) is 9.38. The van der Waals surface area contributed by atoms with Gasteiger partial charge in [0.1, 0.15) is 11.3 Å². The molecule has 1 saturated heterocycles. The summed E-state index contributed by atoms with van der Waals surface area (Å²) in [6.07, 6.45) is 4.16. The van der Waals surface area contributed by atoms with Crippen LogP contribution in [0.3, 0.4) is 0 Å². The number of nitrogens with zero attached hydrogens (tertiary/aromatic N) is 1. The zero-order chi connectivity index (χ0) is 18.8. The van der Waals surface area contributed by atoms with Crippen molar-refractivity contribution in [3.63, 3.8) is 0 Å². The molecular formula is C21H23ClN2O3. The van der Waals surface area contributed by atoms with E-state index in [-0.39, 0.29) is 11.7 Å². The SMILES string of the molecule is Cc1cc2oc(=O)cc(CNC[C@@H](c3ccco3)N3CCCC3)c2cc1Cl. The third-order valence-corrected chi connectivity index (χ3v) is 5.62. The van der Waals surface area contributed by atoms with Crippen LogP contribution in [0.25, 0.3) is 11.0 Å². The first-order chi connectivity index (χ1) is 13.1. The van der Waals surface area contributed by atoms with Gasteiger partial charge in [-0.3, -0.25) is 4.90 Å². The Morgan fingerprint density at radius 1 is 1.26 bits per heavy atom. The van der Waals surface area contributed by atoms with Gasteiger partial charge in [0.2, 0.25) is 0 Å². The summed E-state index contributed by atoms with van der Waals surface area (Å²) in [5.41, 5.74) is 2.01. The van der Waals surface area contributed by atoms with E-state index in [0.717, 1.165) is 41.9 Å². The Labute approximate surface area is 162 Å². The molecule has 5 nitrogen and oxygen atoms in total. The van der Waals surface area contributed by atoms with Crippen LogP contribution >= 0.6 is 11.6 Å². The standard InChI is InChI=1S/C21H23ClN2O3/c1-14-9-20-16(11-17(14)22)15(10-21(25)27-20)12-23-13-18(19-5-4-8-26-19)24-6-2-3-7-24/h4-5,8-11,18,23H,2-3,6-7,12-13H2,1H3/t18-/m0/s1. The number of rotatable bonds is 6. The van der Waals surface area contributed by atoms with Crippen molar-refractivity contribution in [1.29, 1.82) is 0 Å². The van der Waals surface area contributed by atoms with E-state index in [1.54, 1.807) is 12.3 Å². The van der Waals surface area contributed by atoms with E-state index in [2.05, 4.69) is 10.2 Å². The molecule has 0 saturated carbocycles. The van der Waals surface area contributed by atoms with Gasteiger partial charge in [-0.15, -0.1) is 0 Å². The van der Waals surface area contributed by atoms with E-state index in [0.29, 0.717) is 17.2 Å². The van der Waals surface area contributed by atoms with Gasteiger partial charge in [0.05, 0.1) is 12.3 Å². The maximum Gasteiger partial charge on any atom is 0.336 e. The normalized spacial score (nSPS) is 16.2. The highest BCUT2D eigenvalue weighted by Crippen LogP contribution is 2.27. The van der Waals surface area contributed by atoms with Crippen molar-refractivity contribution < 1.29 is 8.83 Å². The van der Waals surface area contributed by atoms with Gasteiger partial charge in [-0.05, 0) is 68.2 Å². The number of hydrogen-bond acceptors (Lipinski definition) is 5. The fraction of sp³-hybridized carbons (Fsp3) is 0.381. The predicted octanol–water partition coefficient (Wildman–Crippen LogP) is 4.27. The highest BCUT2D eigenvalue weighted by atomic mass is 35.5. The molecule has 1 aromatic carbocycles. The Balaban J connectivity index is 1.54. The highest BCUT2D eigenvalue weighted by molar-refractivity contribution is 6.32. The maximum absolute atomic E-state index is 11.9. The summed E-state index contributed by atoms with van der Waals surface area (Å²) in [7, 11) is 0. The first kappa shape index (κ1) is 18.3. The lowest BCUT2D eigenvalue weighted by Gasteiger charge is -2.26. The van der Waals surface area contributed by atoms with Gasteiger partial charge in [0.25, 0.3) is 0 Å². The second-order valence-electron chi connectivity index (χ2n) is 7.09. The third-order valence-electron chi connectivity index (χ3n) is 5.22. The Hall–Kier alpha value is -2.08. The van der Waals surface area contributed by atoms with Crippen molar-refractivity contribution in [3.8, 4) is 0 Å². The number of benzene rings is 1. The summed E-state index contributed by atoms with van der Waals surface area (Å²) < 4.78 is 11.0. The fourth-order valence-electron chi connectivity index (χ4n) is 3.78. The average Bonchev–Trinajstić information content (AvgIpc) is 3.34. The lowest BCUT2D eigenvalue weighted by molar-refractivity contribution is 0.209. The molecule has 3 aromatic rings. The summed E-state index contributed by atoms with van der Waals surface area (Å²) in [5, 5.41) is 5.03. The molecule has 142 valence electrons. The first-order valence-electron chi connectivity index (χ1n) is 9.33. The molecule has 1 N–H and O–H groups in total. The minimum atomic E-state index is -0.344. The first-order valence-corrected chi connectivity index (χ1v) is 9.70. The number of halogens is 1. The molecule has 0 radical (unpaired) electrons. The van der Waals surface area contributed by atoms with Crippen molar-refractivity contribution in [1.82, 2.24) is 10.2 Å². The Morgan fingerprint density at radius 3 is 2.81 bits per heavy atom. The fourth-order valence-corrected chi connectivity index (χ4v) is 3.95. The summed E-state index contributed by atoms with van der Waals surface area (Å²) in [4.78, 5) is 14.4.